The Morgan fingerprint density at radius 3 is 2.71 bits per heavy atom. The Morgan fingerprint density at radius 1 is 1.35 bits per heavy atom. The predicted octanol–water partition coefficient (Wildman–Crippen LogP) is 2.75. The molecule has 0 radical (unpaired) electrons. The molecular weight excluding hydrogens is 259 g/mol. The van der Waals surface area contributed by atoms with Crippen LogP contribution in [-0.4, -0.2) is 21.6 Å². The molecule has 0 aliphatic heterocycles. The number of rotatable bonds is 3. The van der Waals surface area contributed by atoms with Crippen molar-refractivity contribution >= 4 is 29.0 Å². The van der Waals surface area contributed by atoms with Crippen LogP contribution in [0.5, 0.6) is 0 Å². The summed E-state index contributed by atoms with van der Waals surface area (Å²) < 4.78 is 1.94. The minimum Gasteiger partial charge on any atom is -0.372 e. The molecule has 0 aliphatic carbocycles. The van der Waals surface area contributed by atoms with Crippen LogP contribution in [0.25, 0.3) is 0 Å². The molecular formula is C11H12Cl2N4. The van der Waals surface area contributed by atoms with Crippen LogP contribution in [0.2, 0.25) is 10.0 Å². The van der Waals surface area contributed by atoms with E-state index in [1.165, 1.54) is 0 Å². The van der Waals surface area contributed by atoms with E-state index in [9.17, 15) is 0 Å². The molecule has 4 nitrogen and oxygen atoms in total. The molecule has 0 bridgehead atoms. The van der Waals surface area contributed by atoms with Gasteiger partial charge in [0.15, 0.2) is 0 Å². The van der Waals surface area contributed by atoms with Crippen molar-refractivity contribution in [1.29, 1.82) is 0 Å². The average molecular weight is 271 g/mol. The standard InChI is InChI=1S/C11H12Cl2N4/c1-14-11-8(13)5-7(12)9(16-11)6-10-15-3-4-17(10)2/h3-5H,6H2,1-2H3,(H,14,16). The van der Waals surface area contributed by atoms with Crippen LogP contribution in [0.1, 0.15) is 11.5 Å². The van der Waals surface area contributed by atoms with E-state index in [0.717, 1.165) is 11.5 Å². The van der Waals surface area contributed by atoms with Crippen molar-refractivity contribution < 1.29 is 0 Å². The third-order valence-corrected chi connectivity index (χ3v) is 3.10. The third kappa shape index (κ3) is 2.53. The first-order valence-corrected chi connectivity index (χ1v) is 5.86. The van der Waals surface area contributed by atoms with Crippen LogP contribution in [0.15, 0.2) is 18.5 Å². The summed E-state index contributed by atoms with van der Waals surface area (Å²) in [4.78, 5) is 8.62. The van der Waals surface area contributed by atoms with E-state index in [1.807, 2.05) is 17.8 Å². The Labute approximate surface area is 110 Å². The van der Waals surface area contributed by atoms with Crippen LogP contribution >= 0.6 is 23.2 Å². The Bertz CT molecular complexity index is 536. The van der Waals surface area contributed by atoms with Gasteiger partial charge >= 0.3 is 0 Å². The summed E-state index contributed by atoms with van der Waals surface area (Å²) in [7, 11) is 3.71. The average Bonchev–Trinajstić information content (AvgIpc) is 2.68. The first-order valence-electron chi connectivity index (χ1n) is 5.10. The Morgan fingerprint density at radius 2 is 2.12 bits per heavy atom. The van der Waals surface area contributed by atoms with E-state index in [0.29, 0.717) is 22.3 Å². The molecule has 0 amide bonds. The molecule has 0 atom stereocenters. The fourth-order valence-corrected chi connectivity index (χ4v) is 2.04. The molecule has 0 fully saturated rings. The van der Waals surface area contributed by atoms with Gasteiger partial charge in [-0.1, -0.05) is 23.2 Å². The van der Waals surface area contributed by atoms with Crippen molar-refractivity contribution in [3.05, 3.63) is 40.0 Å². The van der Waals surface area contributed by atoms with Crippen molar-refractivity contribution in [3.8, 4) is 0 Å². The monoisotopic (exact) mass is 270 g/mol. The molecule has 0 aliphatic rings. The fraction of sp³-hybridized carbons (Fsp3) is 0.273. The molecule has 2 aromatic heterocycles. The first-order chi connectivity index (χ1) is 8.11. The maximum absolute atomic E-state index is 6.12. The summed E-state index contributed by atoms with van der Waals surface area (Å²) in [6.45, 7) is 0. The van der Waals surface area contributed by atoms with Gasteiger partial charge in [0.25, 0.3) is 0 Å². The van der Waals surface area contributed by atoms with E-state index in [1.54, 1.807) is 19.3 Å². The van der Waals surface area contributed by atoms with Gasteiger partial charge in [-0.3, -0.25) is 0 Å². The first kappa shape index (κ1) is 12.2. The Hall–Kier alpha value is -1.26. The minimum atomic E-state index is 0.515. The number of aromatic nitrogens is 3. The highest BCUT2D eigenvalue weighted by molar-refractivity contribution is 6.36. The number of nitrogens with one attached hydrogen (secondary N) is 1. The summed E-state index contributed by atoms with van der Waals surface area (Å²) in [6, 6.07) is 1.69. The topological polar surface area (TPSA) is 42.7 Å². The van der Waals surface area contributed by atoms with Crippen molar-refractivity contribution in [2.45, 2.75) is 6.42 Å². The zero-order chi connectivity index (χ0) is 12.4. The lowest BCUT2D eigenvalue weighted by atomic mass is 10.2. The van der Waals surface area contributed by atoms with Gasteiger partial charge in [-0.15, -0.1) is 0 Å². The van der Waals surface area contributed by atoms with E-state index in [-0.39, 0.29) is 0 Å². The van der Waals surface area contributed by atoms with Gasteiger partial charge in [-0.2, -0.15) is 0 Å². The van der Waals surface area contributed by atoms with Gasteiger partial charge in [0.2, 0.25) is 0 Å². The molecule has 17 heavy (non-hydrogen) atoms. The molecule has 2 heterocycles. The SMILES string of the molecule is CNc1nc(Cc2nccn2C)c(Cl)cc1Cl. The maximum Gasteiger partial charge on any atom is 0.144 e. The van der Waals surface area contributed by atoms with Crippen molar-refractivity contribution in [1.82, 2.24) is 14.5 Å². The normalized spacial score (nSPS) is 10.6. The van der Waals surface area contributed by atoms with Crippen molar-refractivity contribution in [3.63, 3.8) is 0 Å². The van der Waals surface area contributed by atoms with Crippen LogP contribution in [0, 0.1) is 0 Å². The lowest BCUT2D eigenvalue weighted by Gasteiger charge is -2.08. The minimum absolute atomic E-state index is 0.515. The molecule has 0 spiro atoms. The van der Waals surface area contributed by atoms with E-state index >= 15 is 0 Å². The second kappa shape index (κ2) is 4.94. The zero-order valence-corrected chi connectivity index (χ0v) is 11.0. The summed E-state index contributed by atoms with van der Waals surface area (Å²) in [5.74, 6) is 1.53. The van der Waals surface area contributed by atoms with E-state index < -0.39 is 0 Å². The van der Waals surface area contributed by atoms with Gasteiger partial charge in [-0.25, -0.2) is 9.97 Å². The van der Waals surface area contributed by atoms with Crippen molar-refractivity contribution in [2.24, 2.45) is 7.05 Å². The maximum atomic E-state index is 6.12. The van der Waals surface area contributed by atoms with Gasteiger partial charge in [0.1, 0.15) is 11.6 Å². The van der Waals surface area contributed by atoms with Gasteiger partial charge in [0.05, 0.1) is 15.7 Å². The largest absolute Gasteiger partial charge is 0.372 e. The second-order valence-electron chi connectivity index (χ2n) is 3.63. The molecule has 0 saturated heterocycles. The number of imidazole rings is 1. The lowest BCUT2D eigenvalue weighted by Crippen LogP contribution is -2.03. The molecule has 2 aromatic rings. The summed E-state index contributed by atoms with van der Waals surface area (Å²) in [5.41, 5.74) is 0.759. The van der Waals surface area contributed by atoms with Crippen LogP contribution in [0.3, 0.4) is 0 Å². The molecule has 90 valence electrons. The quantitative estimate of drug-likeness (QED) is 0.933. The molecule has 6 heteroatoms. The van der Waals surface area contributed by atoms with E-state index in [4.69, 9.17) is 23.2 Å². The van der Waals surface area contributed by atoms with Gasteiger partial charge < -0.3 is 9.88 Å². The molecule has 1 N–H and O–H groups in total. The number of hydrogen-bond donors (Lipinski definition) is 1. The number of pyridine rings is 1. The summed E-state index contributed by atoms with van der Waals surface area (Å²) in [6.07, 6.45) is 4.21. The van der Waals surface area contributed by atoms with E-state index in [2.05, 4.69) is 15.3 Å². The molecule has 2 rings (SSSR count). The number of nitrogens with zero attached hydrogens (tertiary/aromatic N) is 3. The van der Waals surface area contributed by atoms with Crippen LogP contribution in [-0.2, 0) is 13.5 Å². The van der Waals surface area contributed by atoms with Gasteiger partial charge in [0, 0.05) is 32.9 Å². The number of halogens is 2. The van der Waals surface area contributed by atoms with Crippen molar-refractivity contribution in [2.75, 3.05) is 12.4 Å². The smallest absolute Gasteiger partial charge is 0.144 e. The van der Waals surface area contributed by atoms with Crippen LogP contribution in [0.4, 0.5) is 5.82 Å². The second-order valence-corrected chi connectivity index (χ2v) is 4.44. The Balaban J connectivity index is 2.36. The van der Waals surface area contributed by atoms with Crippen LogP contribution < -0.4 is 5.32 Å². The Kier molecular flexibility index (Phi) is 3.54. The number of hydrogen-bond acceptors (Lipinski definition) is 3. The zero-order valence-electron chi connectivity index (χ0n) is 9.54. The number of anilines is 1. The number of aryl methyl sites for hydroxylation is 1. The molecule has 0 unspecified atom stereocenters. The molecule has 0 saturated carbocycles. The highest BCUT2D eigenvalue weighted by Gasteiger charge is 2.11. The summed E-state index contributed by atoms with van der Waals surface area (Å²) >= 11 is 12.1. The molecule has 0 aromatic carbocycles. The third-order valence-electron chi connectivity index (χ3n) is 2.49. The fourth-order valence-electron chi connectivity index (χ4n) is 1.52. The van der Waals surface area contributed by atoms with Gasteiger partial charge in [-0.05, 0) is 6.07 Å². The lowest BCUT2D eigenvalue weighted by molar-refractivity contribution is 0.812. The predicted molar refractivity (Wildman–Crippen MR) is 69.8 cm³/mol. The highest BCUT2D eigenvalue weighted by atomic mass is 35.5. The summed E-state index contributed by atoms with van der Waals surface area (Å²) in [5, 5.41) is 4.00. The highest BCUT2D eigenvalue weighted by Crippen LogP contribution is 2.26.